The van der Waals surface area contributed by atoms with Crippen LogP contribution in [0, 0.1) is 19.8 Å². The summed E-state index contributed by atoms with van der Waals surface area (Å²) in [5.74, 6) is -2.19. The fourth-order valence-corrected chi connectivity index (χ4v) is 2.70. The molecular formula is C19H20NO3-. The highest BCUT2D eigenvalue weighted by molar-refractivity contribution is 5.94. The smallest absolute Gasteiger partial charge is 0.228 e. The van der Waals surface area contributed by atoms with Gasteiger partial charge in [0.15, 0.2) is 0 Å². The molecular weight excluding hydrogens is 290 g/mol. The number of carbonyl (C=O) groups is 2. The van der Waals surface area contributed by atoms with Crippen LogP contribution < -0.4 is 10.4 Å². The molecule has 0 heterocycles. The fraction of sp³-hybridized carbons (Fsp3) is 0.263. The van der Waals surface area contributed by atoms with Crippen molar-refractivity contribution in [2.45, 2.75) is 26.7 Å². The van der Waals surface area contributed by atoms with E-state index >= 15 is 0 Å². The highest BCUT2D eigenvalue weighted by atomic mass is 16.4. The first-order valence-electron chi connectivity index (χ1n) is 7.57. The molecule has 0 spiro atoms. The number of carboxylic acids is 1. The normalized spacial score (nSPS) is 11.7. The van der Waals surface area contributed by atoms with Gasteiger partial charge in [-0.05, 0) is 44.4 Å². The third-order valence-corrected chi connectivity index (χ3v) is 3.59. The summed E-state index contributed by atoms with van der Waals surface area (Å²) < 4.78 is 0. The summed E-state index contributed by atoms with van der Waals surface area (Å²) in [7, 11) is 0. The average molecular weight is 310 g/mol. The van der Waals surface area contributed by atoms with Crippen LogP contribution in [-0.4, -0.2) is 11.9 Å². The van der Waals surface area contributed by atoms with Crippen molar-refractivity contribution in [3.63, 3.8) is 0 Å². The molecule has 1 N–H and O–H groups in total. The van der Waals surface area contributed by atoms with Gasteiger partial charge in [0.05, 0.1) is 0 Å². The van der Waals surface area contributed by atoms with Crippen LogP contribution in [0.25, 0.3) is 0 Å². The highest BCUT2D eigenvalue weighted by Crippen LogP contribution is 2.18. The lowest BCUT2D eigenvalue weighted by Crippen LogP contribution is -2.32. The van der Waals surface area contributed by atoms with Gasteiger partial charge in [-0.3, -0.25) is 4.79 Å². The summed E-state index contributed by atoms with van der Waals surface area (Å²) in [6.45, 7) is 3.96. The molecule has 0 unspecified atom stereocenters. The van der Waals surface area contributed by atoms with Gasteiger partial charge in [-0.2, -0.15) is 0 Å². The maximum absolute atomic E-state index is 12.4. The van der Waals surface area contributed by atoms with E-state index in [0.29, 0.717) is 12.1 Å². The zero-order valence-corrected chi connectivity index (χ0v) is 13.3. The molecule has 4 nitrogen and oxygen atoms in total. The first-order chi connectivity index (χ1) is 10.9. The summed E-state index contributed by atoms with van der Waals surface area (Å²) in [4.78, 5) is 23.4. The summed E-state index contributed by atoms with van der Waals surface area (Å²) in [5, 5.41) is 13.8. The third kappa shape index (κ3) is 5.25. The Morgan fingerprint density at radius 1 is 1.04 bits per heavy atom. The van der Waals surface area contributed by atoms with E-state index in [4.69, 9.17) is 0 Å². The Kier molecular flexibility index (Phi) is 5.52. The second kappa shape index (κ2) is 7.58. The van der Waals surface area contributed by atoms with E-state index in [9.17, 15) is 14.7 Å². The van der Waals surface area contributed by atoms with Gasteiger partial charge in [0, 0.05) is 17.6 Å². The van der Waals surface area contributed by atoms with E-state index in [1.807, 2.05) is 50.2 Å². The molecule has 2 aromatic rings. The van der Waals surface area contributed by atoms with Gasteiger partial charge in [0.2, 0.25) is 5.91 Å². The van der Waals surface area contributed by atoms with Crippen LogP contribution in [0.3, 0.4) is 0 Å². The van der Waals surface area contributed by atoms with E-state index < -0.39 is 11.9 Å². The maximum Gasteiger partial charge on any atom is 0.228 e. The van der Waals surface area contributed by atoms with E-state index in [2.05, 4.69) is 5.32 Å². The van der Waals surface area contributed by atoms with Gasteiger partial charge in [0.1, 0.15) is 0 Å². The molecule has 0 aliphatic carbocycles. The zero-order valence-electron chi connectivity index (χ0n) is 13.3. The molecule has 0 aromatic heterocycles. The van der Waals surface area contributed by atoms with Crippen molar-refractivity contribution in [3.05, 3.63) is 65.2 Å². The summed E-state index contributed by atoms with van der Waals surface area (Å²) >= 11 is 0. The van der Waals surface area contributed by atoms with Gasteiger partial charge in [-0.25, -0.2) is 0 Å². The predicted octanol–water partition coefficient (Wildman–Crippen LogP) is 2.24. The molecule has 2 aromatic carbocycles. The van der Waals surface area contributed by atoms with E-state index in [0.717, 1.165) is 16.7 Å². The van der Waals surface area contributed by atoms with Crippen LogP contribution in [0.5, 0.6) is 0 Å². The maximum atomic E-state index is 12.4. The standard InChI is InChI=1S/C19H21NO3/c1-13-8-14(2)10-15(9-13)11-16(12-18(21)22)19(23)20-17-6-4-3-5-7-17/h3-10,16H,11-12H2,1-2H3,(H,20,23)(H,21,22)/p-1/t16-/m0/s1. The minimum Gasteiger partial charge on any atom is -0.550 e. The monoisotopic (exact) mass is 310 g/mol. The number of benzene rings is 2. The predicted molar refractivity (Wildman–Crippen MR) is 87.8 cm³/mol. The minimum absolute atomic E-state index is 0.300. The van der Waals surface area contributed by atoms with Crippen molar-refractivity contribution < 1.29 is 14.7 Å². The highest BCUT2D eigenvalue weighted by Gasteiger charge is 2.20. The lowest BCUT2D eigenvalue weighted by molar-refractivity contribution is -0.306. The Bertz CT molecular complexity index is 675. The van der Waals surface area contributed by atoms with Crippen LogP contribution in [0.4, 0.5) is 5.69 Å². The van der Waals surface area contributed by atoms with Crippen molar-refractivity contribution >= 4 is 17.6 Å². The lowest BCUT2D eigenvalue weighted by Gasteiger charge is -2.18. The number of nitrogens with one attached hydrogen (secondary N) is 1. The molecule has 0 aliphatic heterocycles. The van der Waals surface area contributed by atoms with Crippen LogP contribution in [0.15, 0.2) is 48.5 Å². The van der Waals surface area contributed by atoms with Gasteiger partial charge in [-0.1, -0.05) is 47.5 Å². The molecule has 1 atom stereocenters. The lowest BCUT2D eigenvalue weighted by atomic mass is 9.93. The van der Waals surface area contributed by atoms with Crippen molar-refractivity contribution in [1.29, 1.82) is 0 Å². The SMILES string of the molecule is Cc1cc(C)cc(C[C@@H](CC(=O)[O-])C(=O)Nc2ccccc2)c1. The number of rotatable bonds is 6. The number of aryl methyl sites for hydroxylation is 2. The largest absolute Gasteiger partial charge is 0.550 e. The number of anilines is 1. The number of aliphatic carboxylic acids is 1. The number of amides is 1. The Hall–Kier alpha value is -2.62. The molecule has 0 saturated carbocycles. The van der Waals surface area contributed by atoms with Gasteiger partial charge < -0.3 is 15.2 Å². The van der Waals surface area contributed by atoms with Crippen molar-refractivity contribution in [2.24, 2.45) is 5.92 Å². The molecule has 23 heavy (non-hydrogen) atoms. The summed E-state index contributed by atoms with van der Waals surface area (Å²) in [6.07, 6.45) is 0.0703. The molecule has 0 radical (unpaired) electrons. The quantitative estimate of drug-likeness (QED) is 0.889. The fourth-order valence-electron chi connectivity index (χ4n) is 2.70. The molecule has 120 valence electrons. The van der Waals surface area contributed by atoms with Crippen LogP contribution in [0.1, 0.15) is 23.1 Å². The minimum atomic E-state index is -1.22. The molecule has 0 fully saturated rings. The molecule has 4 heteroatoms. The first kappa shape index (κ1) is 16.7. The van der Waals surface area contributed by atoms with Crippen LogP contribution in [0.2, 0.25) is 0 Å². The van der Waals surface area contributed by atoms with Crippen LogP contribution >= 0.6 is 0 Å². The number of carboxylic acid groups (broad SMARTS) is 1. The van der Waals surface area contributed by atoms with E-state index in [1.54, 1.807) is 12.1 Å². The van der Waals surface area contributed by atoms with Gasteiger partial charge in [-0.15, -0.1) is 0 Å². The summed E-state index contributed by atoms with van der Waals surface area (Å²) in [5.41, 5.74) is 3.80. The Morgan fingerprint density at radius 2 is 1.65 bits per heavy atom. The third-order valence-electron chi connectivity index (χ3n) is 3.59. The Labute approximate surface area is 136 Å². The molecule has 0 aliphatic rings. The number of hydrogen-bond acceptors (Lipinski definition) is 3. The second-order valence-corrected chi connectivity index (χ2v) is 5.83. The van der Waals surface area contributed by atoms with Gasteiger partial charge in [0.25, 0.3) is 0 Å². The van der Waals surface area contributed by atoms with E-state index in [1.165, 1.54) is 0 Å². The first-order valence-corrected chi connectivity index (χ1v) is 7.57. The van der Waals surface area contributed by atoms with Crippen molar-refractivity contribution in [1.82, 2.24) is 0 Å². The van der Waals surface area contributed by atoms with Crippen LogP contribution in [-0.2, 0) is 16.0 Å². The number of para-hydroxylation sites is 1. The number of carbonyl (C=O) groups excluding carboxylic acids is 2. The second-order valence-electron chi connectivity index (χ2n) is 5.83. The van der Waals surface area contributed by atoms with E-state index in [-0.39, 0.29) is 12.3 Å². The van der Waals surface area contributed by atoms with Crippen molar-refractivity contribution in [3.8, 4) is 0 Å². The number of hydrogen-bond donors (Lipinski definition) is 1. The Balaban J connectivity index is 2.15. The molecule has 0 saturated heterocycles. The topological polar surface area (TPSA) is 69.2 Å². The summed E-state index contributed by atoms with van der Waals surface area (Å²) in [6, 6.07) is 15.0. The molecule has 1 amide bonds. The Morgan fingerprint density at radius 3 is 2.22 bits per heavy atom. The molecule has 0 bridgehead atoms. The zero-order chi connectivity index (χ0) is 16.8. The van der Waals surface area contributed by atoms with Gasteiger partial charge >= 0.3 is 0 Å². The molecule has 2 rings (SSSR count). The van der Waals surface area contributed by atoms with Crippen molar-refractivity contribution in [2.75, 3.05) is 5.32 Å². The average Bonchev–Trinajstić information content (AvgIpc) is 2.46.